The van der Waals surface area contributed by atoms with Gasteiger partial charge in [0.1, 0.15) is 12.0 Å². The van der Waals surface area contributed by atoms with E-state index in [-0.39, 0.29) is 5.82 Å². The number of allylic oxidation sites excluding steroid dienone is 2. The summed E-state index contributed by atoms with van der Waals surface area (Å²) in [6, 6.07) is 7.02. The van der Waals surface area contributed by atoms with Gasteiger partial charge >= 0.3 is 7.55 Å². The summed E-state index contributed by atoms with van der Waals surface area (Å²) in [4.78, 5) is 3.19. The zero-order valence-corrected chi connectivity index (χ0v) is 13.8. The zero-order chi connectivity index (χ0) is 17.0. The molecule has 0 atom stereocenters. The molecule has 1 N–H and O–H groups in total. The number of hydrogen-bond acceptors (Lipinski definition) is 0. The molecule has 0 saturated heterocycles. The Kier molecular flexibility index (Phi) is 2.98. The first-order chi connectivity index (χ1) is 12.2. The molecule has 0 amide bonds. The fraction of sp³-hybridized carbons (Fsp3) is 0.0500. The van der Waals surface area contributed by atoms with Gasteiger partial charge in [0.15, 0.2) is 5.70 Å². The van der Waals surface area contributed by atoms with E-state index in [1.807, 2.05) is 12.3 Å². The van der Waals surface area contributed by atoms with Crippen LogP contribution >= 0.6 is 0 Å². The summed E-state index contributed by atoms with van der Waals surface area (Å²) < 4.78 is 18.1. The van der Waals surface area contributed by atoms with Crippen molar-refractivity contribution in [2.45, 2.75) is 6.92 Å². The number of benzene rings is 1. The highest BCUT2D eigenvalue weighted by atomic mass is 19.1. The van der Waals surface area contributed by atoms with E-state index < -0.39 is 0 Å². The number of rotatable bonds is 2. The standard InChI is InChI=1S/C20H15BFN3/c1-13-9-17(25-20(13)11-16-3-2-8-24(16)21-25)6-4-14-12-23-19-7-5-15(22)10-18(14)19/h2-12,21H,1H3/p+1. The van der Waals surface area contributed by atoms with Crippen LogP contribution in [0.3, 0.4) is 0 Å². The van der Waals surface area contributed by atoms with Gasteiger partial charge in [-0.2, -0.15) is 0 Å². The molecule has 4 heterocycles. The van der Waals surface area contributed by atoms with Gasteiger partial charge in [0.2, 0.25) is 0 Å². The second-order valence-electron chi connectivity index (χ2n) is 6.52. The molecule has 0 fully saturated rings. The molecular weight excluding hydrogens is 312 g/mol. The normalized spacial score (nSPS) is 15.3. The van der Waals surface area contributed by atoms with E-state index in [1.165, 1.54) is 23.0 Å². The van der Waals surface area contributed by atoms with Crippen molar-refractivity contribution in [1.82, 2.24) is 9.46 Å². The lowest BCUT2D eigenvalue weighted by atomic mass is 10.0. The lowest BCUT2D eigenvalue weighted by Crippen LogP contribution is -2.27. The Morgan fingerprint density at radius 2 is 2.16 bits per heavy atom. The number of aryl methyl sites for hydroxylation is 1. The topological polar surface area (TPSA) is 23.7 Å². The number of nitrogens with one attached hydrogen (secondary N) is 1. The van der Waals surface area contributed by atoms with Crippen molar-refractivity contribution >= 4 is 42.9 Å². The number of aromatic amines is 1. The Morgan fingerprint density at radius 3 is 3.08 bits per heavy atom. The Hall–Kier alpha value is -3.08. The third-order valence-corrected chi connectivity index (χ3v) is 4.92. The van der Waals surface area contributed by atoms with Crippen molar-refractivity contribution in [2.24, 2.45) is 0 Å². The van der Waals surface area contributed by atoms with Crippen LogP contribution in [-0.4, -0.2) is 27.7 Å². The van der Waals surface area contributed by atoms with Crippen LogP contribution in [0.15, 0.2) is 48.3 Å². The molecule has 3 aromatic rings. The highest BCUT2D eigenvalue weighted by Gasteiger charge is 2.27. The maximum Gasteiger partial charge on any atom is 0.604 e. The van der Waals surface area contributed by atoms with E-state index in [1.54, 1.807) is 12.1 Å². The van der Waals surface area contributed by atoms with E-state index in [4.69, 9.17) is 0 Å². The fourth-order valence-corrected chi connectivity index (χ4v) is 3.62. The summed E-state index contributed by atoms with van der Waals surface area (Å²) in [5.74, 6) is -0.215. The van der Waals surface area contributed by atoms with Gasteiger partial charge in [0.05, 0.1) is 0 Å². The summed E-state index contributed by atoms with van der Waals surface area (Å²) in [5, 5.41) is 0.901. The summed E-state index contributed by atoms with van der Waals surface area (Å²) in [7, 11) is 0.810. The minimum atomic E-state index is -0.215. The Bertz CT molecular complexity index is 1140. The van der Waals surface area contributed by atoms with E-state index in [9.17, 15) is 4.39 Å². The second kappa shape index (κ2) is 5.21. The molecular formula is C20H16BFN3+. The number of halogens is 1. The van der Waals surface area contributed by atoms with Crippen LogP contribution in [0.2, 0.25) is 0 Å². The van der Waals surface area contributed by atoms with Gasteiger partial charge in [0, 0.05) is 46.7 Å². The third kappa shape index (κ3) is 2.23. The van der Waals surface area contributed by atoms with Crippen LogP contribution in [0, 0.1) is 12.7 Å². The highest BCUT2D eigenvalue weighted by molar-refractivity contribution is 6.27. The molecule has 3 nitrogen and oxygen atoms in total. The van der Waals surface area contributed by atoms with Crippen LogP contribution in [0.4, 0.5) is 4.39 Å². The molecule has 0 saturated carbocycles. The molecule has 0 radical (unpaired) electrons. The van der Waals surface area contributed by atoms with Gasteiger partial charge < -0.3 is 9.46 Å². The van der Waals surface area contributed by atoms with Crippen molar-refractivity contribution in [3.8, 4) is 0 Å². The first-order valence-corrected chi connectivity index (χ1v) is 8.34. The molecule has 2 aromatic heterocycles. The maximum absolute atomic E-state index is 13.5. The molecule has 0 bridgehead atoms. The van der Waals surface area contributed by atoms with Crippen LogP contribution in [0.25, 0.3) is 29.1 Å². The van der Waals surface area contributed by atoms with Gasteiger partial charge in [0.25, 0.3) is 0 Å². The first-order valence-electron chi connectivity index (χ1n) is 8.34. The molecule has 5 rings (SSSR count). The smallest absolute Gasteiger partial charge is 0.361 e. The van der Waals surface area contributed by atoms with Crippen LogP contribution in [0.5, 0.6) is 0 Å². The summed E-state index contributed by atoms with van der Waals surface area (Å²) in [6.07, 6.45) is 14.6. The molecule has 5 heteroatoms. The molecule has 25 heavy (non-hydrogen) atoms. The van der Waals surface area contributed by atoms with Crippen LogP contribution in [0.1, 0.15) is 22.5 Å². The Morgan fingerprint density at radius 1 is 1.24 bits per heavy atom. The molecule has 120 valence electrons. The lowest BCUT2D eigenvalue weighted by Gasteiger charge is -2.11. The predicted molar refractivity (Wildman–Crippen MR) is 102 cm³/mol. The van der Waals surface area contributed by atoms with Gasteiger partial charge in [-0.05, 0) is 48.4 Å². The molecule has 0 aliphatic carbocycles. The predicted octanol–water partition coefficient (Wildman–Crippen LogP) is 3.71. The van der Waals surface area contributed by atoms with Crippen molar-refractivity contribution in [1.29, 1.82) is 0 Å². The quantitative estimate of drug-likeness (QED) is 0.694. The minimum Gasteiger partial charge on any atom is -0.361 e. The summed E-state index contributed by atoms with van der Waals surface area (Å²) in [6.45, 7) is 2.14. The molecule has 2 aliphatic rings. The number of fused-ring (bicyclic) bond motifs is 3. The van der Waals surface area contributed by atoms with Crippen molar-refractivity contribution in [3.05, 3.63) is 76.6 Å². The number of nitrogens with zero attached hydrogens (tertiary/aromatic N) is 2. The third-order valence-electron chi connectivity index (χ3n) is 4.92. The van der Waals surface area contributed by atoms with Gasteiger partial charge in [-0.15, -0.1) is 0 Å². The van der Waals surface area contributed by atoms with Gasteiger partial charge in [-0.1, -0.05) is 6.08 Å². The lowest BCUT2D eigenvalue weighted by molar-refractivity contribution is -0.306. The average molecular weight is 328 g/mol. The molecule has 0 spiro atoms. The molecule has 0 unspecified atom stereocenters. The molecule has 2 aliphatic heterocycles. The number of hydrogen-bond donors (Lipinski definition) is 1. The van der Waals surface area contributed by atoms with Crippen LogP contribution < -0.4 is 0 Å². The van der Waals surface area contributed by atoms with Gasteiger partial charge in [-0.25, -0.2) is 4.39 Å². The van der Waals surface area contributed by atoms with Crippen molar-refractivity contribution in [2.75, 3.05) is 0 Å². The van der Waals surface area contributed by atoms with Crippen molar-refractivity contribution < 1.29 is 8.88 Å². The van der Waals surface area contributed by atoms with E-state index in [0.717, 1.165) is 29.7 Å². The van der Waals surface area contributed by atoms with Gasteiger partial charge in [-0.3, -0.25) is 4.49 Å². The molecule has 1 aromatic carbocycles. The monoisotopic (exact) mass is 328 g/mol. The maximum atomic E-state index is 13.5. The average Bonchev–Trinajstić information content (AvgIpc) is 3.29. The van der Waals surface area contributed by atoms with E-state index in [2.05, 4.69) is 57.5 Å². The zero-order valence-electron chi connectivity index (χ0n) is 13.8. The van der Waals surface area contributed by atoms with Crippen LogP contribution in [-0.2, 0) is 0 Å². The number of H-pyrrole nitrogens is 1. The highest BCUT2D eigenvalue weighted by Crippen LogP contribution is 2.26. The minimum absolute atomic E-state index is 0.215. The fourth-order valence-electron chi connectivity index (χ4n) is 3.62. The summed E-state index contributed by atoms with van der Waals surface area (Å²) in [5.41, 5.74) is 6.82. The SMILES string of the molecule is Cc1cc(/C=C/c2c[nH]c3ccc(F)cc23)n2c1C=C1C=CC=[N+]1B2. The number of aromatic nitrogens is 2. The van der Waals surface area contributed by atoms with E-state index in [0.29, 0.717) is 0 Å². The second-order valence-corrected chi connectivity index (χ2v) is 6.52. The van der Waals surface area contributed by atoms with Crippen molar-refractivity contribution in [3.63, 3.8) is 0 Å². The Labute approximate surface area is 145 Å². The first kappa shape index (κ1) is 14.3. The largest absolute Gasteiger partial charge is 0.604 e. The summed E-state index contributed by atoms with van der Waals surface area (Å²) >= 11 is 0. The van der Waals surface area contributed by atoms with E-state index >= 15 is 0 Å². The Balaban J connectivity index is 1.56.